The van der Waals surface area contributed by atoms with Gasteiger partial charge in [-0.3, -0.25) is 9.48 Å². The number of nitrogens with zero attached hydrogens (tertiary/aromatic N) is 2. The highest BCUT2D eigenvalue weighted by atomic mass is 35.5. The van der Waals surface area contributed by atoms with Gasteiger partial charge in [0.25, 0.3) is 0 Å². The molecule has 0 radical (unpaired) electrons. The van der Waals surface area contributed by atoms with Gasteiger partial charge in [-0.05, 0) is 19.4 Å². The van der Waals surface area contributed by atoms with Crippen LogP contribution >= 0.6 is 12.4 Å². The molecule has 0 unspecified atom stereocenters. The van der Waals surface area contributed by atoms with Gasteiger partial charge in [0.15, 0.2) is 0 Å². The number of carbonyl (C=O) groups is 1. The third-order valence-electron chi connectivity index (χ3n) is 2.13. The summed E-state index contributed by atoms with van der Waals surface area (Å²) < 4.78 is 1.78. The van der Waals surface area contributed by atoms with Crippen LogP contribution < -0.4 is 5.73 Å². The molecule has 0 fully saturated rings. The Bertz CT molecular complexity index is 338. The first kappa shape index (κ1) is 13.9. The van der Waals surface area contributed by atoms with E-state index < -0.39 is 12.0 Å². The van der Waals surface area contributed by atoms with Gasteiger partial charge >= 0.3 is 5.97 Å². The lowest BCUT2D eigenvalue weighted by Crippen LogP contribution is -2.32. The lowest BCUT2D eigenvalue weighted by atomic mass is 10.1. The number of aromatic nitrogens is 2. The van der Waals surface area contributed by atoms with Crippen molar-refractivity contribution in [2.75, 3.05) is 0 Å². The SMILES string of the molecule is CCn1cc(C[C@H](N)C(=O)O)c(C)n1.Cl. The lowest BCUT2D eigenvalue weighted by molar-refractivity contribution is -0.138. The van der Waals surface area contributed by atoms with Gasteiger partial charge in [0.2, 0.25) is 0 Å². The highest BCUT2D eigenvalue weighted by Gasteiger charge is 2.15. The van der Waals surface area contributed by atoms with E-state index >= 15 is 0 Å². The summed E-state index contributed by atoms with van der Waals surface area (Å²) in [6.45, 7) is 4.62. The number of rotatable bonds is 4. The number of aliphatic carboxylic acids is 1. The van der Waals surface area contributed by atoms with Crippen molar-refractivity contribution in [3.05, 3.63) is 17.5 Å². The summed E-state index contributed by atoms with van der Waals surface area (Å²) in [4.78, 5) is 10.5. The zero-order valence-electron chi connectivity index (χ0n) is 8.80. The molecule has 15 heavy (non-hydrogen) atoms. The second-order valence-electron chi connectivity index (χ2n) is 3.24. The molecular weight excluding hydrogens is 218 g/mol. The van der Waals surface area contributed by atoms with Crippen LogP contribution in [0, 0.1) is 6.92 Å². The van der Waals surface area contributed by atoms with Gasteiger partial charge in [-0.2, -0.15) is 5.10 Å². The van der Waals surface area contributed by atoms with E-state index in [0.29, 0.717) is 6.42 Å². The van der Waals surface area contributed by atoms with Gasteiger partial charge < -0.3 is 10.8 Å². The molecule has 86 valence electrons. The van der Waals surface area contributed by atoms with E-state index in [4.69, 9.17) is 10.8 Å². The van der Waals surface area contributed by atoms with Gasteiger partial charge in [0.05, 0.1) is 5.69 Å². The van der Waals surface area contributed by atoms with Crippen molar-refractivity contribution < 1.29 is 9.90 Å². The minimum absolute atomic E-state index is 0. The quantitative estimate of drug-likeness (QED) is 0.798. The van der Waals surface area contributed by atoms with Crippen LogP contribution in [-0.2, 0) is 17.8 Å². The number of hydrogen-bond donors (Lipinski definition) is 2. The first-order valence-electron chi connectivity index (χ1n) is 4.56. The van der Waals surface area contributed by atoms with Gasteiger partial charge in [0.1, 0.15) is 6.04 Å². The Morgan fingerprint density at radius 2 is 2.33 bits per heavy atom. The van der Waals surface area contributed by atoms with E-state index in [0.717, 1.165) is 17.8 Å². The molecule has 0 aliphatic carbocycles. The molecule has 0 aliphatic heterocycles. The summed E-state index contributed by atoms with van der Waals surface area (Å²) in [5.41, 5.74) is 7.19. The number of aryl methyl sites for hydroxylation is 2. The van der Waals surface area contributed by atoms with Crippen LogP contribution in [0.25, 0.3) is 0 Å². The van der Waals surface area contributed by atoms with E-state index in [9.17, 15) is 4.79 Å². The molecule has 5 nitrogen and oxygen atoms in total. The smallest absolute Gasteiger partial charge is 0.320 e. The summed E-state index contributed by atoms with van der Waals surface area (Å²) in [6.07, 6.45) is 2.18. The highest BCUT2D eigenvalue weighted by molar-refractivity contribution is 5.85. The Morgan fingerprint density at radius 1 is 1.73 bits per heavy atom. The summed E-state index contributed by atoms with van der Waals surface area (Å²) in [7, 11) is 0. The van der Waals surface area contributed by atoms with Crippen molar-refractivity contribution in [3.8, 4) is 0 Å². The van der Waals surface area contributed by atoms with E-state index in [1.54, 1.807) is 4.68 Å². The second kappa shape index (κ2) is 5.72. The summed E-state index contributed by atoms with van der Waals surface area (Å²) >= 11 is 0. The minimum atomic E-state index is -0.978. The first-order chi connectivity index (χ1) is 6.54. The topological polar surface area (TPSA) is 81.1 Å². The molecule has 0 aromatic carbocycles. The Labute approximate surface area is 94.7 Å². The van der Waals surface area contributed by atoms with Crippen LogP contribution in [0.15, 0.2) is 6.20 Å². The summed E-state index contributed by atoms with van der Waals surface area (Å²) in [5, 5.41) is 12.9. The number of carboxylic acids is 1. The van der Waals surface area contributed by atoms with Gasteiger partial charge in [-0.25, -0.2) is 0 Å². The van der Waals surface area contributed by atoms with Crippen molar-refractivity contribution in [2.45, 2.75) is 32.9 Å². The fourth-order valence-corrected chi connectivity index (χ4v) is 1.25. The van der Waals surface area contributed by atoms with E-state index in [-0.39, 0.29) is 12.4 Å². The molecule has 1 atom stereocenters. The van der Waals surface area contributed by atoms with Crippen LogP contribution in [0.5, 0.6) is 0 Å². The Morgan fingerprint density at radius 3 is 2.73 bits per heavy atom. The molecule has 0 aliphatic rings. The molecule has 0 saturated heterocycles. The third-order valence-corrected chi connectivity index (χ3v) is 2.13. The zero-order valence-corrected chi connectivity index (χ0v) is 9.62. The molecule has 1 aromatic heterocycles. The minimum Gasteiger partial charge on any atom is -0.480 e. The first-order valence-corrected chi connectivity index (χ1v) is 4.56. The number of nitrogens with two attached hydrogens (primary N) is 1. The summed E-state index contributed by atoms with van der Waals surface area (Å²) in [5.74, 6) is -0.978. The molecular formula is C9H16ClN3O2. The number of hydrogen-bond acceptors (Lipinski definition) is 3. The normalized spacial score (nSPS) is 11.9. The van der Waals surface area contributed by atoms with Gasteiger partial charge in [-0.15, -0.1) is 12.4 Å². The Kier molecular flexibility index (Phi) is 5.32. The van der Waals surface area contributed by atoms with Crippen LogP contribution in [0.1, 0.15) is 18.2 Å². The Balaban J connectivity index is 0.00000196. The van der Waals surface area contributed by atoms with Crippen LogP contribution in [0.3, 0.4) is 0 Å². The predicted octanol–water partition coefficient (Wildman–Crippen LogP) is 0.588. The maximum Gasteiger partial charge on any atom is 0.320 e. The van der Waals surface area contributed by atoms with Crippen molar-refractivity contribution in [2.24, 2.45) is 5.73 Å². The third kappa shape index (κ3) is 3.53. The number of halogens is 1. The fourth-order valence-electron chi connectivity index (χ4n) is 1.25. The second-order valence-corrected chi connectivity index (χ2v) is 3.24. The molecule has 0 spiro atoms. The van der Waals surface area contributed by atoms with Crippen LogP contribution in [-0.4, -0.2) is 26.9 Å². The van der Waals surface area contributed by atoms with Gasteiger partial charge in [-0.1, -0.05) is 0 Å². The molecule has 6 heteroatoms. The molecule has 1 heterocycles. The molecule has 1 rings (SSSR count). The summed E-state index contributed by atoms with van der Waals surface area (Å²) in [6, 6.07) is -0.844. The highest BCUT2D eigenvalue weighted by Crippen LogP contribution is 2.07. The average Bonchev–Trinajstić information content (AvgIpc) is 2.47. The van der Waals surface area contributed by atoms with Crippen LogP contribution in [0.2, 0.25) is 0 Å². The maximum atomic E-state index is 10.5. The molecule has 3 N–H and O–H groups in total. The molecule has 1 aromatic rings. The Hall–Kier alpha value is -1.07. The predicted molar refractivity (Wildman–Crippen MR) is 59.2 cm³/mol. The van der Waals surface area contributed by atoms with Crippen molar-refractivity contribution in [3.63, 3.8) is 0 Å². The largest absolute Gasteiger partial charge is 0.480 e. The number of carboxylic acid groups (broad SMARTS) is 1. The fraction of sp³-hybridized carbons (Fsp3) is 0.556. The van der Waals surface area contributed by atoms with Gasteiger partial charge in [0, 0.05) is 19.2 Å². The standard InChI is InChI=1S/C9H15N3O2.ClH/c1-3-12-5-7(6(2)11-12)4-8(10)9(13)14;/h5,8H,3-4,10H2,1-2H3,(H,13,14);1H/t8-;/m0./s1. The van der Waals surface area contributed by atoms with E-state index in [1.807, 2.05) is 20.0 Å². The average molecular weight is 234 g/mol. The van der Waals surface area contributed by atoms with Crippen LogP contribution in [0.4, 0.5) is 0 Å². The van der Waals surface area contributed by atoms with Crippen molar-refractivity contribution >= 4 is 18.4 Å². The van der Waals surface area contributed by atoms with Crippen molar-refractivity contribution in [1.29, 1.82) is 0 Å². The zero-order chi connectivity index (χ0) is 10.7. The van der Waals surface area contributed by atoms with E-state index in [1.165, 1.54) is 0 Å². The molecule has 0 bridgehead atoms. The van der Waals surface area contributed by atoms with E-state index in [2.05, 4.69) is 5.10 Å². The molecule has 0 amide bonds. The maximum absolute atomic E-state index is 10.5. The lowest BCUT2D eigenvalue weighted by Gasteiger charge is -2.03. The molecule has 0 saturated carbocycles. The monoisotopic (exact) mass is 233 g/mol. The van der Waals surface area contributed by atoms with Crippen molar-refractivity contribution in [1.82, 2.24) is 9.78 Å².